The third-order valence-corrected chi connectivity index (χ3v) is 4.74. The number of urea groups is 1. The van der Waals surface area contributed by atoms with Crippen molar-refractivity contribution in [3.05, 3.63) is 60.0 Å². The van der Waals surface area contributed by atoms with E-state index in [1.54, 1.807) is 0 Å². The van der Waals surface area contributed by atoms with Crippen LogP contribution in [0.2, 0.25) is 0 Å². The molecule has 7 heteroatoms. The fourth-order valence-electron chi connectivity index (χ4n) is 3.20. The fraction of sp³-hybridized carbons (Fsp3) is 0.435. The van der Waals surface area contributed by atoms with Crippen LogP contribution in [0.25, 0.3) is 5.65 Å². The van der Waals surface area contributed by atoms with Gasteiger partial charge in [0, 0.05) is 12.7 Å². The number of hydrogen-bond acceptors (Lipinski definition) is 4. The molecule has 0 aliphatic heterocycles. The van der Waals surface area contributed by atoms with Gasteiger partial charge in [0.2, 0.25) is 0 Å². The van der Waals surface area contributed by atoms with Crippen LogP contribution in [0.1, 0.15) is 51.0 Å². The number of nitrogens with one attached hydrogen (secondary N) is 2. The van der Waals surface area contributed by atoms with Gasteiger partial charge in [-0.15, -0.1) is 10.2 Å². The highest BCUT2D eigenvalue weighted by Crippen LogP contribution is 2.17. The summed E-state index contributed by atoms with van der Waals surface area (Å²) >= 11 is 0. The van der Waals surface area contributed by atoms with Crippen LogP contribution in [0.4, 0.5) is 4.79 Å². The first kappa shape index (κ1) is 21.6. The lowest BCUT2D eigenvalue weighted by Crippen LogP contribution is -2.39. The van der Waals surface area contributed by atoms with Crippen LogP contribution in [0.15, 0.2) is 48.7 Å². The van der Waals surface area contributed by atoms with Crippen molar-refractivity contribution >= 4 is 11.7 Å². The molecule has 1 unspecified atom stereocenters. The maximum Gasteiger partial charge on any atom is 0.315 e. The normalized spacial score (nSPS) is 12.1. The first-order valence-corrected chi connectivity index (χ1v) is 10.6. The Bertz CT molecular complexity index is 936. The standard InChI is InChI=1S/C23H31N5O2/c1-4-7-20(22-27-26-21-8-5-6-15-28(21)22)25-23(29)24-14-13-18-9-11-19(12-10-18)30-16-17(2)3/h5-6,8-12,15,17,20H,4,7,13-14,16H2,1-3H3,(H2,24,25,29). The van der Waals surface area contributed by atoms with Gasteiger partial charge in [0.15, 0.2) is 11.5 Å². The van der Waals surface area contributed by atoms with E-state index in [0.29, 0.717) is 19.1 Å². The molecule has 0 aliphatic carbocycles. The number of carbonyl (C=O) groups excluding carboxylic acids is 1. The third kappa shape index (κ3) is 5.95. The molecular formula is C23H31N5O2. The molecule has 2 amide bonds. The molecule has 0 bridgehead atoms. The van der Waals surface area contributed by atoms with Gasteiger partial charge in [0.05, 0.1) is 12.6 Å². The molecule has 7 nitrogen and oxygen atoms in total. The van der Waals surface area contributed by atoms with Gasteiger partial charge in [0.1, 0.15) is 5.75 Å². The minimum Gasteiger partial charge on any atom is -0.493 e. The highest BCUT2D eigenvalue weighted by molar-refractivity contribution is 5.74. The first-order chi connectivity index (χ1) is 14.6. The highest BCUT2D eigenvalue weighted by atomic mass is 16.5. The monoisotopic (exact) mass is 409 g/mol. The van der Waals surface area contributed by atoms with Gasteiger partial charge in [-0.3, -0.25) is 4.40 Å². The van der Waals surface area contributed by atoms with Crippen molar-refractivity contribution in [2.45, 2.75) is 46.1 Å². The summed E-state index contributed by atoms with van der Waals surface area (Å²) in [5.74, 6) is 2.13. The maximum absolute atomic E-state index is 12.5. The van der Waals surface area contributed by atoms with Crippen LogP contribution in [0.5, 0.6) is 5.75 Å². The maximum atomic E-state index is 12.5. The summed E-state index contributed by atoms with van der Waals surface area (Å²) in [6, 6.07) is 13.4. The van der Waals surface area contributed by atoms with E-state index < -0.39 is 0 Å². The average molecular weight is 410 g/mol. The second kappa shape index (κ2) is 10.6. The summed E-state index contributed by atoms with van der Waals surface area (Å²) in [5, 5.41) is 14.5. The Morgan fingerprint density at radius 3 is 2.67 bits per heavy atom. The summed E-state index contributed by atoms with van der Waals surface area (Å²) in [6.07, 6.45) is 4.39. The summed E-state index contributed by atoms with van der Waals surface area (Å²) in [7, 11) is 0. The van der Waals surface area contributed by atoms with Crippen LogP contribution in [-0.2, 0) is 6.42 Å². The SMILES string of the molecule is CCCC(NC(=O)NCCc1ccc(OCC(C)C)cc1)c1nnc2ccccn12. The number of fused-ring (bicyclic) bond motifs is 1. The van der Waals surface area contributed by atoms with Crippen molar-refractivity contribution in [2.75, 3.05) is 13.2 Å². The van der Waals surface area contributed by atoms with Gasteiger partial charge in [-0.2, -0.15) is 0 Å². The lowest BCUT2D eigenvalue weighted by molar-refractivity contribution is 0.235. The minimum absolute atomic E-state index is 0.190. The first-order valence-electron chi connectivity index (χ1n) is 10.6. The van der Waals surface area contributed by atoms with E-state index in [1.165, 1.54) is 0 Å². The second-order valence-electron chi connectivity index (χ2n) is 7.83. The van der Waals surface area contributed by atoms with E-state index in [0.717, 1.165) is 42.0 Å². The zero-order chi connectivity index (χ0) is 21.3. The highest BCUT2D eigenvalue weighted by Gasteiger charge is 2.19. The molecule has 1 aromatic carbocycles. The van der Waals surface area contributed by atoms with E-state index >= 15 is 0 Å². The Kier molecular flexibility index (Phi) is 7.65. The van der Waals surface area contributed by atoms with Gasteiger partial charge < -0.3 is 15.4 Å². The van der Waals surface area contributed by atoms with Crippen LogP contribution >= 0.6 is 0 Å². The van der Waals surface area contributed by atoms with Crippen molar-refractivity contribution in [3.63, 3.8) is 0 Å². The summed E-state index contributed by atoms with van der Waals surface area (Å²) in [4.78, 5) is 12.5. The Balaban J connectivity index is 1.50. The Morgan fingerprint density at radius 2 is 1.93 bits per heavy atom. The molecule has 0 fully saturated rings. The predicted molar refractivity (Wildman–Crippen MR) is 118 cm³/mol. The summed E-state index contributed by atoms with van der Waals surface area (Å²) < 4.78 is 7.63. The van der Waals surface area contributed by atoms with Crippen LogP contribution in [-0.4, -0.2) is 33.8 Å². The number of nitrogens with zero attached hydrogens (tertiary/aromatic N) is 3. The molecule has 1 atom stereocenters. The molecule has 3 rings (SSSR count). The molecule has 0 saturated heterocycles. The summed E-state index contributed by atoms with van der Waals surface area (Å²) in [6.45, 7) is 7.60. The third-order valence-electron chi connectivity index (χ3n) is 4.74. The lowest BCUT2D eigenvalue weighted by atomic mass is 10.1. The molecule has 2 N–H and O–H groups in total. The molecule has 160 valence electrons. The summed E-state index contributed by atoms with van der Waals surface area (Å²) in [5.41, 5.74) is 1.93. The van der Waals surface area contributed by atoms with Crippen molar-refractivity contribution < 1.29 is 9.53 Å². The quantitative estimate of drug-likeness (QED) is 0.527. The number of pyridine rings is 1. The molecule has 0 radical (unpaired) electrons. The van der Waals surface area contributed by atoms with Gasteiger partial charge >= 0.3 is 6.03 Å². The molecular weight excluding hydrogens is 378 g/mol. The molecule has 3 aromatic rings. The molecule has 2 heterocycles. The number of ether oxygens (including phenoxy) is 1. The lowest BCUT2D eigenvalue weighted by Gasteiger charge is -2.17. The van der Waals surface area contributed by atoms with Gasteiger partial charge in [-0.1, -0.05) is 45.4 Å². The Hall–Kier alpha value is -3.09. The number of aromatic nitrogens is 3. The second-order valence-corrected chi connectivity index (χ2v) is 7.83. The van der Waals surface area contributed by atoms with Crippen LogP contribution < -0.4 is 15.4 Å². The van der Waals surface area contributed by atoms with Crippen LogP contribution in [0.3, 0.4) is 0 Å². The zero-order valence-electron chi connectivity index (χ0n) is 18.0. The predicted octanol–water partition coefficient (Wildman–Crippen LogP) is 4.15. The van der Waals surface area contributed by atoms with Gasteiger partial charge in [-0.05, 0) is 48.6 Å². The fourth-order valence-corrected chi connectivity index (χ4v) is 3.20. The molecule has 30 heavy (non-hydrogen) atoms. The Morgan fingerprint density at radius 1 is 1.13 bits per heavy atom. The number of benzene rings is 1. The molecule has 0 saturated carbocycles. The average Bonchev–Trinajstić information content (AvgIpc) is 3.17. The smallest absolute Gasteiger partial charge is 0.315 e. The number of hydrogen-bond donors (Lipinski definition) is 2. The van der Waals surface area contributed by atoms with E-state index in [1.807, 2.05) is 53.1 Å². The van der Waals surface area contributed by atoms with E-state index in [4.69, 9.17) is 4.74 Å². The largest absolute Gasteiger partial charge is 0.493 e. The van der Waals surface area contributed by atoms with E-state index in [-0.39, 0.29) is 12.1 Å². The van der Waals surface area contributed by atoms with E-state index in [9.17, 15) is 4.79 Å². The van der Waals surface area contributed by atoms with Crippen molar-refractivity contribution in [3.8, 4) is 5.75 Å². The van der Waals surface area contributed by atoms with Crippen molar-refractivity contribution in [1.82, 2.24) is 25.2 Å². The van der Waals surface area contributed by atoms with Crippen molar-refractivity contribution in [2.24, 2.45) is 5.92 Å². The number of rotatable bonds is 10. The minimum atomic E-state index is -0.196. The topological polar surface area (TPSA) is 80.5 Å². The number of carbonyl (C=O) groups is 1. The van der Waals surface area contributed by atoms with Crippen LogP contribution in [0, 0.1) is 5.92 Å². The number of amides is 2. The Labute approximate surface area is 177 Å². The van der Waals surface area contributed by atoms with Gasteiger partial charge in [0.25, 0.3) is 0 Å². The zero-order valence-corrected chi connectivity index (χ0v) is 18.0. The van der Waals surface area contributed by atoms with Gasteiger partial charge in [-0.25, -0.2) is 4.79 Å². The molecule has 2 aromatic heterocycles. The van der Waals surface area contributed by atoms with Crippen molar-refractivity contribution in [1.29, 1.82) is 0 Å². The molecule has 0 spiro atoms. The molecule has 0 aliphatic rings. The van der Waals surface area contributed by atoms with E-state index in [2.05, 4.69) is 41.6 Å².